The molecule has 4 nitrogen and oxygen atoms in total. The molecule has 0 aromatic carbocycles. The van der Waals surface area contributed by atoms with Gasteiger partial charge in [0.25, 0.3) is 0 Å². The minimum atomic E-state index is 0.677. The van der Waals surface area contributed by atoms with E-state index in [1.165, 1.54) is 32.5 Å². The van der Waals surface area contributed by atoms with Gasteiger partial charge in [-0.15, -0.1) is 0 Å². The summed E-state index contributed by atoms with van der Waals surface area (Å²) in [5.41, 5.74) is 1.03. The van der Waals surface area contributed by atoms with E-state index in [1.54, 1.807) is 0 Å². The summed E-state index contributed by atoms with van der Waals surface area (Å²) in [5.74, 6) is 1.74. The smallest absolute Gasteiger partial charge is 0.133 e. The van der Waals surface area contributed by atoms with Gasteiger partial charge in [0, 0.05) is 25.2 Å². The molecular weight excluding hydrogens is 202 g/mol. The molecule has 2 fully saturated rings. The average Bonchev–Trinajstić information content (AvgIpc) is 2.86. The summed E-state index contributed by atoms with van der Waals surface area (Å²) in [4.78, 5) is 2.57. The lowest BCUT2D eigenvalue weighted by molar-refractivity contribution is 0.219. The van der Waals surface area contributed by atoms with Crippen molar-refractivity contribution >= 4 is 0 Å². The Morgan fingerprint density at radius 1 is 1.50 bits per heavy atom. The van der Waals surface area contributed by atoms with Gasteiger partial charge >= 0.3 is 0 Å². The second kappa shape index (κ2) is 4.18. The molecule has 2 saturated heterocycles. The number of rotatable bonds is 3. The fourth-order valence-electron chi connectivity index (χ4n) is 2.96. The third-order valence-corrected chi connectivity index (χ3v) is 3.86. The molecule has 2 bridgehead atoms. The first-order chi connectivity index (χ1) is 7.81. The molecule has 2 aliphatic rings. The monoisotopic (exact) mass is 221 g/mol. The van der Waals surface area contributed by atoms with E-state index in [4.69, 9.17) is 4.52 Å². The lowest BCUT2D eigenvalue weighted by Gasteiger charge is -2.30. The van der Waals surface area contributed by atoms with Crippen LogP contribution in [0.2, 0.25) is 0 Å². The minimum absolute atomic E-state index is 0.677. The molecule has 2 aliphatic heterocycles. The molecule has 0 saturated carbocycles. The number of hydrogen-bond donors (Lipinski definition) is 1. The van der Waals surface area contributed by atoms with Crippen molar-refractivity contribution in [3.05, 3.63) is 17.5 Å². The van der Waals surface area contributed by atoms with E-state index >= 15 is 0 Å². The number of nitrogens with zero attached hydrogens (tertiary/aromatic N) is 2. The maximum absolute atomic E-state index is 5.07. The molecule has 3 rings (SSSR count). The third-order valence-electron chi connectivity index (χ3n) is 3.86. The predicted molar refractivity (Wildman–Crippen MR) is 61.0 cm³/mol. The zero-order valence-electron chi connectivity index (χ0n) is 9.78. The quantitative estimate of drug-likeness (QED) is 0.832. The number of hydrogen-bond acceptors (Lipinski definition) is 4. The van der Waals surface area contributed by atoms with Crippen molar-refractivity contribution < 1.29 is 4.52 Å². The van der Waals surface area contributed by atoms with Crippen LogP contribution in [0.5, 0.6) is 0 Å². The molecule has 1 N–H and O–H groups in total. The van der Waals surface area contributed by atoms with Crippen LogP contribution in [0.15, 0.2) is 10.6 Å². The molecule has 0 spiro atoms. The largest absolute Gasteiger partial charge is 0.361 e. The van der Waals surface area contributed by atoms with Gasteiger partial charge in [-0.2, -0.15) is 0 Å². The summed E-state index contributed by atoms with van der Waals surface area (Å²) in [5, 5.41) is 7.64. The Balaban J connectivity index is 1.55. The van der Waals surface area contributed by atoms with E-state index in [-0.39, 0.29) is 0 Å². The first kappa shape index (κ1) is 10.3. The molecule has 3 unspecified atom stereocenters. The molecule has 3 heterocycles. The van der Waals surface area contributed by atoms with E-state index in [1.807, 2.05) is 13.0 Å². The Labute approximate surface area is 96.0 Å². The van der Waals surface area contributed by atoms with Gasteiger partial charge in [0.2, 0.25) is 0 Å². The minimum Gasteiger partial charge on any atom is -0.361 e. The summed E-state index contributed by atoms with van der Waals surface area (Å²) in [6, 6.07) is 2.69. The maximum atomic E-state index is 5.07. The summed E-state index contributed by atoms with van der Waals surface area (Å²) in [7, 11) is 0. The van der Waals surface area contributed by atoms with Crippen LogP contribution in [0.3, 0.4) is 0 Å². The number of aryl methyl sites for hydroxylation is 1. The van der Waals surface area contributed by atoms with Crippen LogP contribution in [-0.4, -0.2) is 35.7 Å². The van der Waals surface area contributed by atoms with Crippen molar-refractivity contribution in [2.24, 2.45) is 5.92 Å². The first-order valence-electron chi connectivity index (χ1n) is 6.19. The van der Waals surface area contributed by atoms with E-state index in [9.17, 15) is 0 Å². The lowest BCUT2D eigenvalue weighted by atomic mass is 9.94. The van der Waals surface area contributed by atoms with Crippen LogP contribution in [0.25, 0.3) is 0 Å². The van der Waals surface area contributed by atoms with Crippen LogP contribution >= 0.6 is 0 Å². The Morgan fingerprint density at radius 3 is 3.19 bits per heavy atom. The molecule has 16 heavy (non-hydrogen) atoms. The SMILES string of the molecule is Cc1cc(CNC2CCN3CCC2C3)no1. The summed E-state index contributed by atoms with van der Waals surface area (Å²) in [6.07, 6.45) is 2.64. The Kier molecular flexibility index (Phi) is 2.69. The van der Waals surface area contributed by atoms with Crippen LogP contribution in [0, 0.1) is 12.8 Å². The van der Waals surface area contributed by atoms with Gasteiger partial charge in [-0.3, -0.25) is 0 Å². The normalized spacial score (nSPS) is 33.2. The lowest BCUT2D eigenvalue weighted by Crippen LogP contribution is -2.43. The topological polar surface area (TPSA) is 41.3 Å². The molecule has 0 radical (unpaired) electrons. The first-order valence-corrected chi connectivity index (χ1v) is 6.19. The van der Waals surface area contributed by atoms with Crippen LogP contribution in [0.1, 0.15) is 24.3 Å². The zero-order valence-corrected chi connectivity index (χ0v) is 9.78. The maximum Gasteiger partial charge on any atom is 0.133 e. The van der Waals surface area contributed by atoms with Crippen molar-refractivity contribution in [1.82, 2.24) is 15.4 Å². The van der Waals surface area contributed by atoms with Crippen molar-refractivity contribution in [3.63, 3.8) is 0 Å². The van der Waals surface area contributed by atoms with Gasteiger partial charge in [-0.1, -0.05) is 5.16 Å². The highest BCUT2D eigenvalue weighted by atomic mass is 16.5. The second-order valence-corrected chi connectivity index (χ2v) is 5.05. The van der Waals surface area contributed by atoms with Crippen molar-refractivity contribution in [2.75, 3.05) is 19.6 Å². The molecule has 88 valence electrons. The summed E-state index contributed by atoms with van der Waals surface area (Å²) >= 11 is 0. The molecule has 0 amide bonds. The highest BCUT2D eigenvalue weighted by molar-refractivity contribution is 5.03. The van der Waals surface area contributed by atoms with E-state index < -0.39 is 0 Å². The van der Waals surface area contributed by atoms with Crippen LogP contribution in [-0.2, 0) is 6.54 Å². The highest BCUT2D eigenvalue weighted by Crippen LogP contribution is 2.27. The number of nitrogens with one attached hydrogen (secondary N) is 1. The van der Waals surface area contributed by atoms with E-state index in [0.717, 1.165) is 23.9 Å². The average molecular weight is 221 g/mol. The molecule has 4 heteroatoms. The van der Waals surface area contributed by atoms with Gasteiger partial charge < -0.3 is 14.7 Å². The van der Waals surface area contributed by atoms with Crippen LogP contribution < -0.4 is 5.32 Å². The van der Waals surface area contributed by atoms with E-state index in [0.29, 0.717) is 6.04 Å². The van der Waals surface area contributed by atoms with Crippen molar-refractivity contribution in [3.8, 4) is 0 Å². The standard InChI is InChI=1S/C12H19N3O/c1-9-6-11(14-16-9)7-13-12-3-5-15-4-2-10(12)8-15/h6,10,12-13H,2-5,7-8H2,1H3. The summed E-state index contributed by atoms with van der Waals surface area (Å²) in [6.45, 7) is 6.62. The molecule has 0 aliphatic carbocycles. The summed E-state index contributed by atoms with van der Waals surface area (Å²) < 4.78 is 5.07. The van der Waals surface area contributed by atoms with Crippen molar-refractivity contribution in [1.29, 1.82) is 0 Å². The Bertz CT molecular complexity index is 363. The van der Waals surface area contributed by atoms with Gasteiger partial charge in [0.15, 0.2) is 0 Å². The molecular formula is C12H19N3O. The zero-order chi connectivity index (χ0) is 11.0. The predicted octanol–water partition coefficient (Wildman–Crippen LogP) is 1.17. The number of fused-ring (bicyclic) bond motifs is 2. The van der Waals surface area contributed by atoms with Gasteiger partial charge in [0.05, 0.1) is 5.69 Å². The molecule has 1 aromatic heterocycles. The Hall–Kier alpha value is -0.870. The van der Waals surface area contributed by atoms with E-state index in [2.05, 4.69) is 15.4 Å². The van der Waals surface area contributed by atoms with Gasteiger partial charge in [-0.05, 0) is 38.8 Å². The third kappa shape index (κ3) is 1.99. The molecule has 3 atom stereocenters. The second-order valence-electron chi connectivity index (χ2n) is 5.05. The van der Waals surface area contributed by atoms with Gasteiger partial charge in [-0.25, -0.2) is 0 Å². The van der Waals surface area contributed by atoms with Crippen LogP contribution in [0.4, 0.5) is 0 Å². The fraction of sp³-hybridized carbons (Fsp3) is 0.750. The Morgan fingerprint density at radius 2 is 2.38 bits per heavy atom. The number of piperidine rings is 1. The van der Waals surface area contributed by atoms with Crippen molar-refractivity contribution in [2.45, 2.75) is 32.4 Å². The van der Waals surface area contributed by atoms with Gasteiger partial charge in [0.1, 0.15) is 5.76 Å². The highest BCUT2D eigenvalue weighted by Gasteiger charge is 2.33. The molecule has 1 aromatic rings. The number of aromatic nitrogens is 1. The fourth-order valence-corrected chi connectivity index (χ4v) is 2.96.